The van der Waals surface area contributed by atoms with E-state index < -0.39 is 7.12 Å². The molecule has 0 amide bonds. The van der Waals surface area contributed by atoms with Gasteiger partial charge in [0.05, 0.1) is 68.7 Å². The lowest BCUT2D eigenvalue weighted by atomic mass is 9.79. The third-order valence-corrected chi connectivity index (χ3v) is 10.6. The van der Waals surface area contributed by atoms with Crippen molar-refractivity contribution < 1.29 is 9.31 Å². The molecule has 6 N–H and O–H groups in total. The van der Waals surface area contributed by atoms with Gasteiger partial charge in [-0.25, -0.2) is 24.9 Å². The van der Waals surface area contributed by atoms with Crippen LogP contribution in [0.25, 0.3) is 55.8 Å². The molecule has 12 nitrogen and oxygen atoms in total. The van der Waals surface area contributed by atoms with Gasteiger partial charge in [0, 0.05) is 16.7 Å². The standard InChI is InChI=1S/C17H12ClN5.C13H16BClN2O2.C10H8BrN3/c18-12-6-11(7-13-17(12)22-9-21-13)15-16(23-14(19)8-20-15)10-4-2-1-3-5-10;1-12(2)13(3,4)19-14(18-12)8-5-9(15)11-10(6-8)16-7-17-11;11-10-9(14-8(12)6-13-10)7-4-2-1-3-5-7/h1-9H,(H2,19,23)(H,21,22);5-7H,1-4H3,(H,16,17);1-6H,(H2,12,14). The molecule has 0 spiro atoms. The molecule has 9 rings (SSSR count). The monoisotopic (exact) mass is 848 g/mol. The average molecular weight is 850 g/mol. The number of aromatic nitrogens is 8. The zero-order valence-electron chi connectivity index (χ0n) is 30.8. The van der Waals surface area contributed by atoms with Crippen molar-refractivity contribution in [2.24, 2.45) is 0 Å². The first-order chi connectivity index (χ1) is 26.8. The molecule has 0 radical (unpaired) electrons. The molecule has 0 unspecified atom stereocenters. The van der Waals surface area contributed by atoms with Gasteiger partial charge >= 0.3 is 7.12 Å². The lowest BCUT2D eigenvalue weighted by Gasteiger charge is -2.32. The molecular weight excluding hydrogens is 814 g/mol. The Labute approximate surface area is 341 Å². The van der Waals surface area contributed by atoms with Gasteiger partial charge in [0.15, 0.2) is 0 Å². The molecule has 5 heterocycles. The van der Waals surface area contributed by atoms with E-state index in [1.54, 1.807) is 18.9 Å². The van der Waals surface area contributed by atoms with E-state index >= 15 is 0 Å². The zero-order chi connectivity index (χ0) is 39.6. The second-order valence-electron chi connectivity index (χ2n) is 13.8. The summed E-state index contributed by atoms with van der Waals surface area (Å²) in [4.78, 5) is 31.7. The first kappa shape index (κ1) is 38.9. The Hall–Kier alpha value is -5.38. The van der Waals surface area contributed by atoms with Gasteiger partial charge in [-0.1, -0.05) is 83.9 Å². The van der Waals surface area contributed by atoms with Crippen LogP contribution in [-0.4, -0.2) is 58.2 Å². The Balaban J connectivity index is 0.000000133. The fraction of sp³-hybridized carbons (Fsp3) is 0.150. The topological polar surface area (TPSA) is 179 Å². The van der Waals surface area contributed by atoms with E-state index in [9.17, 15) is 0 Å². The van der Waals surface area contributed by atoms with Crippen molar-refractivity contribution in [2.75, 3.05) is 11.5 Å². The number of fused-ring (bicyclic) bond motifs is 2. The highest BCUT2D eigenvalue weighted by molar-refractivity contribution is 9.10. The second kappa shape index (κ2) is 16.0. The van der Waals surface area contributed by atoms with Crippen LogP contribution in [0.2, 0.25) is 10.0 Å². The van der Waals surface area contributed by atoms with Crippen molar-refractivity contribution in [3.8, 4) is 33.8 Å². The zero-order valence-corrected chi connectivity index (χ0v) is 33.9. The van der Waals surface area contributed by atoms with Gasteiger partial charge in [0.1, 0.15) is 33.0 Å². The molecule has 8 aromatic rings. The molecule has 1 saturated heterocycles. The highest BCUT2D eigenvalue weighted by atomic mass is 79.9. The molecule has 0 bridgehead atoms. The van der Waals surface area contributed by atoms with Gasteiger partial charge < -0.3 is 30.7 Å². The summed E-state index contributed by atoms with van der Waals surface area (Å²) in [7, 11) is -0.407. The molecule has 282 valence electrons. The molecule has 1 aliphatic heterocycles. The number of aromatic amines is 2. The number of H-pyrrole nitrogens is 2. The van der Waals surface area contributed by atoms with Crippen LogP contribution in [-0.2, 0) is 9.31 Å². The molecule has 0 saturated carbocycles. The maximum Gasteiger partial charge on any atom is 0.494 e. The van der Waals surface area contributed by atoms with Crippen LogP contribution in [0, 0.1) is 0 Å². The number of imidazole rings is 2. The van der Waals surface area contributed by atoms with Gasteiger partial charge in [-0.05, 0) is 73.4 Å². The third-order valence-electron chi connectivity index (χ3n) is 9.41. The number of benzene rings is 4. The number of halogens is 3. The van der Waals surface area contributed by atoms with Crippen LogP contribution in [0.5, 0.6) is 0 Å². The highest BCUT2D eigenvalue weighted by Gasteiger charge is 2.51. The second-order valence-corrected chi connectivity index (χ2v) is 15.4. The molecule has 16 heteroatoms. The summed E-state index contributed by atoms with van der Waals surface area (Å²) in [5.41, 5.74) is 19.9. The number of nitrogens with zero attached hydrogens (tertiary/aromatic N) is 6. The molecular formula is C40H36BBrCl2N10O2. The minimum atomic E-state index is -0.407. The van der Waals surface area contributed by atoms with Crippen LogP contribution in [0.3, 0.4) is 0 Å². The van der Waals surface area contributed by atoms with Crippen molar-refractivity contribution in [2.45, 2.75) is 38.9 Å². The lowest BCUT2D eigenvalue weighted by molar-refractivity contribution is 0.00578. The van der Waals surface area contributed by atoms with Crippen LogP contribution in [0.4, 0.5) is 11.6 Å². The van der Waals surface area contributed by atoms with Crippen molar-refractivity contribution in [1.82, 2.24) is 39.9 Å². The van der Waals surface area contributed by atoms with E-state index in [0.29, 0.717) is 26.3 Å². The SMILES string of the molecule is CC1(C)OB(c2cc(Cl)c3nc[nH]c3c2)OC1(C)C.Nc1cnc(-c2cc(Cl)c3nc[nH]c3c2)c(-c2ccccc2)n1.Nc1cnc(Br)c(-c2ccccc2)n1. The molecule has 4 aromatic carbocycles. The number of nitrogens with two attached hydrogens (primary N) is 2. The van der Waals surface area contributed by atoms with Crippen molar-refractivity contribution in [3.05, 3.63) is 125 Å². The number of hydrogen-bond acceptors (Lipinski definition) is 10. The summed E-state index contributed by atoms with van der Waals surface area (Å²) in [5.74, 6) is 0.799. The van der Waals surface area contributed by atoms with Gasteiger partial charge in [-0.15, -0.1) is 0 Å². The Morgan fingerprint density at radius 3 is 1.70 bits per heavy atom. The molecule has 0 atom stereocenters. The predicted molar refractivity (Wildman–Crippen MR) is 228 cm³/mol. The number of nitrogen functional groups attached to an aromatic ring is 2. The van der Waals surface area contributed by atoms with Crippen molar-refractivity contribution in [3.63, 3.8) is 0 Å². The Kier molecular flexibility index (Phi) is 11.1. The predicted octanol–water partition coefficient (Wildman–Crippen LogP) is 8.93. The van der Waals surface area contributed by atoms with Crippen molar-refractivity contribution >= 4 is 85.4 Å². The fourth-order valence-electron chi connectivity index (χ4n) is 5.87. The van der Waals surface area contributed by atoms with Gasteiger partial charge in [0.25, 0.3) is 0 Å². The molecule has 56 heavy (non-hydrogen) atoms. The van der Waals surface area contributed by atoms with E-state index in [-0.39, 0.29) is 11.2 Å². The summed E-state index contributed by atoms with van der Waals surface area (Å²) in [6, 6.07) is 27.2. The van der Waals surface area contributed by atoms with Crippen molar-refractivity contribution in [1.29, 1.82) is 0 Å². The molecule has 1 aliphatic rings. The fourth-order valence-corrected chi connectivity index (χ4v) is 6.83. The van der Waals surface area contributed by atoms with Gasteiger partial charge in [-0.2, -0.15) is 0 Å². The summed E-state index contributed by atoms with van der Waals surface area (Å²) in [5, 5.41) is 1.17. The van der Waals surface area contributed by atoms with Crippen LogP contribution >= 0.6 is 39.1 Å². The average Bonchev–Trinajstić information content (AvgIpc) is 3.92. The molecule has 0 aliphatic carbocycles. The Bertz CT molecular complexity index is 2630. The van der Waals surface area contributed by atoms with Crippen LogP contribution < -0.4 is 16.9 Å². The number of nitrogens with one attached hydrogen (secondary N) is 2. The highest BCUT2D eigenvalue weighted by Crippen LogP contribution is 2.37. The first-order valence-corrected chi connectivity index (χ1v) is 19.0. The smallest absolute Gasteiger partial charge is 0.399 e. The minimum Gasteiger partial charge on any atom is -0.399 e. The van der Waals surface area contributed by atoms with E-state index in [2.05, 4.69) is 55.8 Å². The summed E-state index contributed by atoms with van der Waals surface area (Å²) < 4.78 is 12.7. The number of rotatable bonds is 4. The summed E-state index contributed by atoms with van der Waals surface area (Å²) in [6.45, 7) is 8.12. The van der Waals surface area contributed by atoms with E-state index in [4.69, 9.17) is 44.0 Å². The quantitative estimate of drug-likeness (QED) is 0.125. The van der Waals surface area contributed by atoms with E-state index in [1.807, 2.05) is 113 Å². The maximum absolute atomic E-state index is 6.33. The maximum atomic E-state index is 6.33. The summed E-state index contributed by atoms with van der Waals surface area (Å²) in [6.07, 6.45) is 6.32. The third kappa shape index (κ3) is 8.25. The van der Waals surface area contributed by atoms with E-state index in [1.165, 1.54) is 6.20 Å². The molecule has 4 aromatic heterocycles. The normalized spacial score (nSPS) is 14.2. The van der Waals surface area contributed by atoms with E-state index in [0.717, 1.165) is 61.3 Å². The summed E-state index contributed by atoms with van der Waals surface area (Å²) >= 11 is 15.9. The molecule has 1 fully saturated rings. The van der Waals surface area contributed by atoms with Gasteiger partial charge in [-0.3, -0.25) is 4.98 Å². The largest absolute Gasteiger partial charge is 0.494 e. The lowest BCUT2D eigenvalue weighted by Crippen LogP contribution is -2.41. The Morgan fingerprint density at radius 2 is 1.11 bits per heavy atom. The van der Waals surface area contributed by atoms with Gasteiger partial charge in [0.2, 0.25) is 0 Å². The number of anilines is 2. The first-order valence-electron chi connectivity index (χ1n) is 17.4. The van der Waals surface area contributed by atoms with Crippen LogP contribution in [0.15, 0.2) is 115 Å². The Morgan fingerprint density at radius 1 is 0.607 bits per heavy atom. The number of hydrogen-bond donors (Lipinski definition) is 4. The van der Waals surface area contributed by atoms with Crippen LogP contribution in [0.1, 0.15) is 27.7 Å². The minimum absolute atomic E-state index is 0.354.